The van der Waals surface area contributed by atoms with E-state index in [2.05, 4.69) is 22.2 Å². The summed E-state index contributed by atoms with van der Waals surface area (Å²) in [6.45, 7) is 6.10. The summed E-state index contributed by atoms with van der Waals surface area (Å²) < 4.78 is 0. The van der Waals surface area contributed by atoms with Crippen molar-refractivity contribution in [1.29, 1.82) is 0 Å². The van der Waals surface area contributed by atoms with E-state index in [-0.39, 0.29) is 5.91 Å². The van der Waals surface area contributed by atoms with Gasteiger partial charge < -0.3 is 16.0 Å². The zero-order chi connectivity index (χ0) is 13.0. The number of carbonyl (C=O) groups excluding carboxylic acids is 1. The van der Waals surface area contributed by atoms with E-state index in [9.17, 15) is 4.79 Å². The van der Waals surface area contributed by atoms with Gasteiger partial charge in [0, 0.05) is 39.3 Å². The standard InChI is InChI=1S/C13H26N4O/c1-16-8-10-17(11-9-16)7-6-15-12(18)13(14)4-2-3-5-13/h2-11,14H2,1H3,(H,15,18). The fourth-order valence-electron chi connectivity index (χ4n) is 2.81. The Morgan fingerprint density at radius 2 is 1.83 bits per heavy atom. The Balaban J connectivity index is 1.64. The Hall–Kier alpha value is -0.650. The number of amides is 1. The fourth-order valence-corrected chi connectivity index (χ4v) is 2.81. The summed E-state index contributed by atoms with van der Waals surface area (Å²) in [5, 5.41) is 3.00. The molecular formula is C13H26N4O. The first kappa shape index (κ1) is 13.8. The third-order valence-corrected chi connectivity index (χ3v) is 4.26. The van der Waals surface area contributed by atoms with Gasteiger partial charge in [0.1, 0.15) is 0 Å². The predicted molar refractivity (Wildman–Crippen MR) is 72.3 cm³/mol. The number of carbonyl (C=O) groups is 1. The van der Waals surface area contributed by atoms with Crippen molar-refractivity contribution in [3.05, 3.63) is 0 Å². The second-order valence-corrected chi connectivity index (χ2v) is 5.76. The molecular weight excluding hydrogens is 228 g/mol. The van der Waals surface area contributed by atoms with Crippen LogP contribution in [-0.4, -0.2) is 67.6 Å². The summed E-state index contributed by atoms with van der Waals surface area (Å²) in [4.78, 5) is 16.7. The van der Waals surface area contributed by atoms with Crippen LogP contribution in [0.4, 0.5) is 0 Å². The number of piperazine rings is 1. The molecule has 1 amide bonds. The molecule has 2 fully saturated rings. The number of nitrogens with two attached hydrogens (primary N) is 1. The monoisotopic (exact) mass is 254 g/mol. The normalized spacial score (nSPS) is 25.2. The molecule has 0 atom stereocenters. The Morgan fingerprint density at radius 1 is 1.22 bits per heavy atom. The van der Waals surface area contributed by atoms with Gasteiger partial charge in [-0.05, 0) is 19.9 Å². The second-order valence-electron chi connectivity index (χ2n) is 5.76. The average molecular weight is 254 g/mol. The Kier molecular flexibility index (Phi) is 4.59. The quantitative estimate of drug-likeness (QED) is 0.718. The van der Waals surface area contributed by atoms with Crippen molar-refractivity contribution in [3.8, 4) is 0 Å². The molecule has 1 aliphatic heterocycles. The van der Waals surface area contributed by atoms with Gasteiger partial charge in [-0.2, -0.15) is 0 Å². The van der Waals surface area contributed by atoms with Gasteiger partial charge in [-0.3, -0.25) is 9.69 Å². The van der Waals surface area contributed by atoms with Crippen LogP contribution in [0.5, 0.6) is 0 Å². The minimum absolute atomic E-state index is 0.0501. The van der Waals surface area contributed by atoms with Gasteiger partial charge in [0.15, 0.2) is 0 Å². The molecule has 5 nitrogen and oxygen atoms in total. The van der Waals surface area contributed by atoms with E-state index in [1.54, 1.807) is 0 Å². The van der Waals surface area contributed by atoms with E-state index in [1.807, 2.05) is 0 Å². The van der Waals surface area contributed by atoms with Crippen LogP contribution in [0.15, 0.2) is 0 Å². The van der Waals surface area contributed by atoms with Gasteiger partial charge in [-0.15, -0.1) is 0 Å². The third-order valence-electron chi connectivity index (χ3n) is 4.26. The highest BCUT2D eigenvalue weighted by Crippen LogP contribution is 2.27. The minimum Gasteiger partial charge on any atom is -0.353 e. The maximum atomic E-state index is 12.0. The smallest absolute Gasteiger partial charge is 0.240 e. The highest BCUT2D eigenvalue weighted by atomic mass is 16.2. The molecule has 0 aromatic rings. The lowest BCUT2D eigenvalue weighted by Gasteiger charge is -2.32. The molecule has 0 spiro atoms. The summed E-state index contributed by atoms with van der Waals surface area (Å²) in [7, 11) is 2.15. The number of hydrogen-bond donors (Lipinski definition) is 2. The number of nitrogens with zero attached hydrogens (tertiary/aromatic N) is 2. The first-order chi connectivity index (χ1) is 8.60. The number of hydrogen-bond acceptors (Lipinski definition) is 4. The van der Waals surface area contributed by atoms with Crippen LogP contribution in [0.25, 0.3) is 0 Å². The van der Waals surface area contributed by atoms with Gasteiger partial charge in [0.25, 0.3) is 0 Å². The number of rotatable bonds is 4. The van der Waals surface area contributed by atoms with Crippen LogP contribution in [-0.2, 0) is 4.79 Å². The van der Waals surface area contributed by atoms with Crippen molar-refractivity contribution in [2.75, 3.05) is 46.3 Å². The third kappa shape index (κ3) is 3.43. The Bertz CT molecular complexity index is 281. The summed E-state index contributed by atoms with van der Waals surface area (Å²) >= 11 is 0. The molecule has 104 valence electrons. The second kappa shape index (κ2) is 5.99. The van der Waals surface area contributed by atoms with Gasteiger partial charge in [0.05, 0.1) is 5.54 Å². The fraction of sp³-hybridized carbons (Fsp3) is 0.923. The lowest BCUT2D eigenvalue weighted by Crippen LogP contribution is -2.53. The van der Waals surface area contributed by atoms with Crippen molar-refractivity contribution < 1.29 is 4.79 Å². The van der Waals surface area contributed by atoms with Crippen LogP contribution in [0, 0.1) is 0 Å². The van der Waals surface area contributed by atoms with E-state index < -0.39 is 5.54 Å². The molecule has 2 aliphatic rings. The average Bonchev–Trinajstić information content (AvgIpc) is 2.80. The Morgan fingerprint density at radius 3 is 2.44 bits per heavy atom. The van der Waals surface area contributed by atoms with E-state index in [0.717, 1.165) is 65.0 Å². The molecule has 1 heterocycles. The molecule has 1 aliphatic carbocycles. The highest BCUT2D eigenvalue weighted by molar-refractivity contribution is 5.86. The molecule has 0 radical (unpaired) electrons. The molecule has 5 heteroatoms. The van der Waals surface area contributed by atoms with Crippen LogP contribution in [0.2, 0.25) is 0 Å². The maximum absolute atomic E-state index is 12.0. The molecule has 18 heavy (non-hydrogen) atoms. The Labute approximate surface area is 110 Å². The van der Waals surface area contributed by atoms with Crippen molar-refractivity contribution in [1.82, 2.24) is 15.1 Å². The summed E-state index contributed by atoms with van der Waals surface area (Å²) in [6.07, 6.45) is 3.85. The lowest BCUT2D eigenvalue weighted by atomic mass is 9.98. The van der Waals surface area contributed by atoms with Crippen LogP contribution < -0.4 is 11.1 Å². The zero-order valence-corrected chi connectivity index (χ0v) is 11.5. The van der Waals surface area contributed by atoms with Crippen LogP contribution in [0.1, 0.15) is 25.7 Å². The van der Waals surface area contributed by atoms with Crippen molar-refractivity contribution in [3.63, 3.8) is 0 Å². The van der Waals surface area contributed by atoms with Gasteiger partial charge >= 0.3 is 0 Å². The molecule has 0 aromatic carbocycles. The minimum atomic E-state index is -0.581. The zero-order valence-electron chi connectivity index (χ0n) is 11.5. The molecule has 0 unspecified atom stereocenters. The van der Waals surface area contributed by atoms with Gasteiger partial charge in [-0.1, -0.05) is 12.8 Å². The number of nitrogens with one attached hydrogen (secondary N) is 1. The van der Waals surface area contributed by atoms with E-state index in [0.29, 0.717) is 0 Å². The van der Waals surface area contributed by atoms with Crippen molar-refractivity contribution in [2.24, 2.45) is 5.73 Å². The number of likely N-dealkylation sites (N-methyl/N-ethyl adjacent to an activating group) is 1. The maximum Gasteiger partial charge on any atom is 0.240 e. The lowest BCUT2D eigenvalue weighted by molar-refractivity contribution is -0.126. The highest BCUT2D eigenvalue weighted by Gasteiger charge is 2.36. The van der Waals surface area contributed by atoms with Crippen LogP contribution >= 0.6 is 0 Å². The molecule has 1 saturated carbocycles. The van der Waals surface area contributed by atoms with E-state index in [1.165, 1.54) is 0 Å². The van der Waals surface area contributed by atoms with E-state index >= 15 is 0 Å². The van der Waals surface area contributed by atoms with Gasteiger partial charge in [0.2, 0.25) is 5.91 Å². The van der Waals surface area contributed by atoms with E-state index in [4.69, 9.17) is 5.73 Å². The summed E-state index contributed by atoms with van der Waals surface area (Å²) in [5.74, 6) is 0.0501. The summed E-state index contributed by atoms with van der Waals surface area (Å²) in [6, 6.07) is 0. The SMILES string of the molecule is CN1CCN(CCNC(=O)C2(N)CCCC2)CC1. The molecule has 1 saturated heterocycles. The molecule has 0 aromatic heterocycles. The van der Waals surface area contributed by atoms with Crippen LogP contribution in [0.3, 0.4) is 0 Å². The largest absolute Gasteiger partial charge is 0.353 e. The topological polar surface area (TPSA) is 61.6 Å². The first-order valence-corrected chi connectivity index (χ1v) is 7.08. The van der Waals surface area contributed by atoms with Crippen molar-refractivity contribution >= 4 is 5.91 Å². The molecule has 3 N–H and O–H groups in total. The molecule has 0 bridgehead atoms. The van der Waals surface area contributed by atoms with Crippen molar-refractivity contribution in [2.45, 2.75) is 31.2 Å². The van der Waals surface area contributed by atoms with Gasteiger partial charge in [-0.25, -0.2) is 0 Å². The summed E-state index contributed by atoms with van der Waals surface area (Å²) in [5.41, 5.74) is 5.53. The first-order valence-electron chi connectivity index (χ1n) is 7.08. The predicted octanol–water partition coefficient (Wildman–Crippen LogP) is -0.378. The molecule has 2 rings (SSSR count).